The van der Waals surface area contributed by atoms with Crippen LogP contribution in [0.5, 0.6) is 0 Å². The lowest BCUT2D eigenvalue weighted by Crippen LogP contribution is -2.15. The summed E-state index contributed by atoms with van der Waals surface area (Å²) in [5.74, 6) is -2.07. The summed E-state index contributed by atoms with van der Waals surface area (Å²) < 4.78 is 51.5. The van der Waals surface area contributed by atoms with Gasteiger partial charge < -0.3 is 5.32 Å². The molecule has 110 valence electrons. The van der Waals surface area contributed by atoms with Gasteiger partial charge in [0.25, 0.3) is 5.91 Å². The minimum atomic E-state index is -4.86. The van der Waals surface area contributed by atoms with Gasteiger partial charge in [0.1, 0.15) is 11.6 Å². The quantitative estimate of drug-likeness (QED) is 0.811. The fourth-order valence-corrected chi connectivity index (χ4v) is 1.76. The van der Waals surface area contributed by atoms with E-state index < -0.39 is 23.5 Å². The molecule has 3 nitrogen and oxygen atoms in total. The normalized spacial score (nSPS) is 11.3. The Labute approximate surface area is 125 Å². The second-order valence-corrected chi connectivity index (χ2v) is 4.92. The van der Waals surface area contributed by atoms with Crippen molar-refractivity contribution in [2.75, 3.05) is 5.32 Å². The number of amides is 1. The lowest BCUT2D eigenvalue weighted by Gasteiger charge is -2.10. The Hall–Kier alpha value is -1.96. The first-order valence-corrected chi connectivity index (χ1v) is 6.36. The van der Waals surface area contributed by atoms with Crippen molar-refractivity contribution in [1.29, 1.82) is 0 Å². The third-order valence-corrected chi connectivity index (χ3v) is 2.97. The van der Waals surface area contributed by atoms with Crippen molar-refractivity contribution in [3.05, 3.63) is 57.9 Å². The first-order valence-electron chi connectivity index (χ1n) is 5.57. The maximum absolute atomic E-state index is 13.1. The number of rotatable bonds is 2. The highest BCUT2D eigenvalue weighted by Crippen LogP contribution is 2.32. The highest BCUT2D eigenvalue weighted by molar-refractivity contribution is 9.10. The maximum Gasteiger partial charge on any atom is 0.419 e. The highest BCUT2D eigenvalue weighted by Gasteiger charge is 2.34. The number of hydrogen-bond acceptors (Lipinski definition) is 2. The third kappa shape index (κ3) is 3.78. The van der Waals surface area contributed by atoms with Gasteiger partial charge in [0, 0.05) is 16.2 Å². The van der Waals surface area contributed by atoms with Crippen LogP contribution in [0.4, 0.5) is 23.4 Å². The fraction of sp³-hybridized carbons (Fsp3) is 0.0769. The van der Waals surface area contributed by atoms with E-state index in [9.17, 15) is 22.4 Å². The molecule has 0 aliphatic carbocycles. The van der Waals surface area contributed by atoms with Crippen LogP contribution in [-0.4, -0.2) is 10.9 Å². The van der Waals surface area contributed by atoms with Crippen LogP contribution < -0.4 is 5.32 Å². The molecule has 1 N–H and O–H groups in total. The zero-order valence-corrected chi connectivity index (χ0v) is 11.8. The SMILES string of the molecule is O=C(Nc1ccc(Br)cn1)c1ccc(F)c(C(F)(F)F)c1. The number of hydrogen-bond donors (Lipinski definition) is 1. The number of carbonyl (C=O) groups excluding carboxylic acids is 1. The average molecular weight is 363 g/mol. The van der Waals surface area contributed by atoms with Gasteiger partial charge in [-0.3, -0.25) is 4.79 Å². The Morgan fingerprint density at radius 3 is 2.48 bits per heavy atom. The summed E-state index contributed by atoms with van der Waals surface area (Å²) in [5, 5.41) is 2.32. The van der Waals surface area contributed by atoms with E-state index in [1.807, 2.05) is 0 Å². The largest absolute Gasteiger partial charge is 0.419 e. The van der Waals surface area contributed by atoms with Gasteiger partial charge in [0.2, 0.25) is 0 Å². The van der Waals surface area contributed by atoms with Crippen LogP contribution >= 0.6 is 15.9 Å². The lowest BCUT2D eigenvalue weighted by molar-refractivity contribution is -0.140. The van der Waals surface area contributed by atoms with Gasteiger partial charge in [-0.2, -0.15) is 13.2 Å². The summed E-state index contributed by atoms with van der Waals surface area (Å²) >= 11 is 3.15. The van der Waals surface area contributed by atoms with Crippen molar-refractivity contribution >= 4 is 27.7 Å². The van der Waals surface area contributed by atoms with E-state index in [0.717, 1.165) is 6.07 Å². The summed E-state index contributed by atoms with van der Waals surface area (Å²) in [6, 6.07) is 5.11. The number of nitrogens with zero attached hydrogens (tertiary/aromatic N) is 1. The number of benzene rings is 1. The van der Waals surface area contributed by atoms with Gasteiger partial charge in [0.05, 0.1) is 5.56 Å². The number of nitrogens with one attached hydrogen (secondary N) is 1. The van der Waals surface area contributed by atoms with Crippen LogP contribution in [0, 0.1) is 5.82 Å². The van der Waals surface area contributed by atoms with E-state index in [0.29, 0.717) is 16.6 Å². The van der Waals surface area contributed by atoms with Crippen LogP contribution in [-0.2, 0) is 6.18 Å². The Balaban J connectivity index is 2.25. The molecule has 0 aliphatic heterocycles. The molecule has 21 heavy (non-hydrogen) atoms. The predicted octanol–water partition coefficient (Wildman–Crippen LogP) is 4.25. The molecule has 0 saturated heterocycles. The standard InChI is InChI=1S/C13H7BrF4N2O/c14-8-2-4-11(19-6-8)20-12(21)7-1-3-10(15)9(5-7)13(16,17)18/h1-6H,(H,19,20,21). The number of anilines is 1. The second kappa shape index (κ2) is 5.80. The Bertz CT molecular complexity index is 671. The van der Waals surface area contributed by atoms with Crippen molar-refractivity contribution in [3.63, 3.8) is 0 Å². The number of halogens is 5. The summed E-state index contributed by atoms with van der Waals surface area (Å²) in [6.07, 6.45) is -3.45. The van der Waals surface area contributed by atoms with Crippen LogP contribution in [0.25, 0.3) is 0 Å². The molecule has 0 saturated carbocycles. The molecule has 1 heterocycles. The zero-order chi connectivity index (χ0) is 15.6. The molecule has 0 atom stereocenters. The molecule has 0 bridgehead atoms. The number of alkyl halides is 3. The van der Waals surface area contributed by atoms with Crippen LogP contribution in [0.15, 0.2) is 41.0 Å². The molecule has 0 fully saturated rings. The summed E-state index contributed by atoms with van der Waals surface area (Å²) in [5.41, 5.74) is -1.80. The first kappa shape index (κ1) is 15.4. The average Bonchev–Trinajstić information content (AvgIpc) is 2.40. The molecule has 2 aromatic rings. The van der Waals surface area contributed by atoms with Gasteiger partial charge >= 0.3 is 6.18 Å². The van der Waals surface area contributed by atoms with Crippen LogP contribution in [0.3, 0.4) is 0 Å². The van der Waals surface area contributed by atoms with E-state index >= 15 is 0 Å². The van der Waals surface area contributed by atoms with Crippen LogP contribution in [0.2, 0.25) is 0 Å². The highest BCUT2D eigenvalue weighted by atomic mass is 79.9. The summed E-state index contributed by atoms with van der Waals surface area (Å²) in [7, 11) is 0. The van der Waals surface area contributed by atoms with Gasteiger partial charge in [-0.15, -0.1) is 0 Å². The van der Waals surface area contributed by atoms with Gasteiger partial charge in [-0.05, 0) is 46.3 Å². The van der Waals surface area contributed by atoms with Gasteiger partial charge in [0.15, 0.2) is 0 Å². The predicted molar refractivity (Wildman–Crippen MR) is 71.3 cm³/mol. The second-order valence-electron chi connectivity index (χ2n) is 4.01. The topological polar surface area (TPSA) is 42.0 Å². The van der Waals surface area contributed by atoms with E-state index in [1.54, 1.807) is 6.07 Å². The molecule has 0 unspecified atom stereocenters. The molecule has 1 aromatic heterocycles. The number of carbonyl (C=O) groups is 1. The van der Waals surface area contributed by atoms with Gasteiger partial charge in [-0.1, -0.05) is 0 Å². The molecule has 1 aromatic carbocycles. The summed E-state index contributed by atoms with van der Waals surface area (Å²) in [4.78, 5) is 15.7. The Morgan fingerprint density at radius 1 is 1.19 bits per heavy atom. The molecular formula is C13H7BrF4N2O. The molecule has 1 amide bonds. The Kier molecular flexibility index (Phi) is 4.26. The molecule has 2 rings (SSSR count). The van der Waals surface area contributed by atoms with Crippen molar-refractivity contribution in [3.8, 4) is 0 Å². The molecule has 0 aliphatic rings. The molecular weight excluding hydrogens is 356 g/mol. The number of aromatic nitrogens is 1. The van der Waals surface area contributed by atoms with Crippen molar-refractivity contribution < 1.29 is 22.4 Å². The fourth-order valence-electron chi connectivity index (χ4n) is 1.52. The monoisotopic (exact) mass is 362 g/mol. The minimum Gasteiger partial charge on any atom is -0.307 e. The molecule has 0 radical (unpaired) electrons. The first-order chi connectivity index (χ1) is 9.77. The van der Waals surface area contributed by atoms with Crippen LogP contribution in [0.1, 0.15) is 15.9 Å². The third-order valence-electron chi connectivity index (χ3n) is 2.50. The summed E-state index contributed by atoms with van der Waals surface area (Å²) in [6.45, 7) is 0. The maximum atomic E-state index is 13.1. The van der Waals surface area contributed by atoms with E-state index in [1.165, 1.54) is 12.3 Å². The zero-order valence-electron chi connectivity index (χ0n) is 10.2. The van der Waals surface area contributed by atoms with Crippen molar-refractivity contribution in [2.45, 2.75) is 6.18 Å². The minimum absolute atomic E-state index is 0.168. The van der Waals surface area contributed by atoms with E-state index in [4.69, 9.17) is 0 Å². The van der Waals surface area contributed by atoms with E-state index in [2.05, 4.69) is 26.2 Å². The lowest BCUT2D eigenvalue weighted by atomic mass is 10.1. The smallest absolute Gasteiger partial charge is 0.307 e. The molecule has 0 spiro atoms. The number of pyridine rings is 1. The van der Waals surface area contributed by atoms with Gasteiger partial charge in [-0.25, -0.2) is 9.37 Å². The van der Waals surface area contributed by atoms with E-state index in [-0.39, 0.29) is 11.4 Å². The Morgan fingerprint density at radius 2 is 1.90 bits per heavy atom. The van der Waals surface area contributed by atoms with Crippen molar-refractivity contribution in [1.82, 2.24) is 4.98 Å². The van der Waals surface area contributed by atoms with Crippen molar-refractivity contribution in [2.24, 2.45) is 0 Å². The molecule has 8 heteroatoms.